The predicted molar refractivity (Wildman–Crippen MR) is 167 cm³/mol. The molecule has 236 valence electrons. The first-order valence-electron chi connectivity index (χ1n) is 14.9. The number of esters is 1. The van der Waals surface area contributed by atoms with Crippen LogP contribution in [0.15, 0.2) is 48.9 Å². The van der Waals surface area contributed by atoms with Gasteiger partial charge in [-0.1, -0.05) is 6.07 Å². The lowest BCUT2D eigenvalue weighted by molar-refractivity contribution is -0.157. The van der Waals surface area contributed by atoms with E-state index in [0.717, 1.165) is 43.7 Å². The molecule has 3 heterocycles. The van der Waals surface area contributed by atoms with Crippen LogP contribution in [0.25, 0.3) is 11.4 Å². The second kappa shape index (κ2) is 14.4. The van der Waals surface area contributed by atoms with Gasteiger partial charge in [0.15, 0.2) is 12.4 Å². The monoisotopic (exact) mass is 605 g/mol. The molecular weight excluding hydrogens is 562 g/mol. The molecule has 1 N–H and O–H groups in total. The minimum Gasteiger partial charge on any atom is -0.482 e. The van der Waals surface area contributed by atoms with Crippen LogP contribution in [0.4, 0.5) is 16.4 Å². The van der Waals surface area contributed by atoms with Crippen LogP contribution in [-0.2, 0) is 20.7 Å². The van der Waals surface area contributed by atoms with E-state index in [1.807, 2.05) is 65.8 Å². The van der Waals surface area contributed by atoms with Crippen molar-refractivity contribution in [3.8, 4) is 17.1 Å². The fraction of sp³-hybridized carbons (Fsp3) is 0.500. The van der Waals surface area contributed by atoms with Gasteiger partial charge in [-0.15, -0.1) is 0 Å². The van der Waals surface area contributed by atoms with Crippen molar-refractivity contribution in [2.24, 2.45) is 0 Å². The quantitative estimate of drug-likeness (QED) is 0.317. The Kier molecular flexibility index (Phi) is 10.7. The van der Waals surface area contributed by atoms with Crippen LogP contribution in [0.3, 0.4) is 0 Å². The van der Waals surface area contributed by atoms with Gasteiger partial charge in [0.2, 0.25) is 5.95 Å². The van der Waals surface area contributed by atoms with E-state index in [1.165, 1.54) is 6.33 Å². The predicted octanol–water partition coefficient (Wildman–Crippen LogP) is 4.88. The first-order valence-corrected chi connectivity index (χ1v) is 14.9. The molecule has 1 saturated heterocycles. The molecule has 1 amide bonds. The zero-order valence-electron chi connectivity index (χ0n) is 26.5. The maximum absolute atomic E-state index is 12.3. The van der Waals surface area contributed by atoms with Gasteiger partial charge in [0.25, 0.3) is 0 Å². The van der Waals surface area contributed by atoms with Crippen LogP contribution in [0.2, 0.25) is 0 Å². The molecule has 1 aliphatic heterocycles. The highest BCUT2D eigenvalue weighted by Crippen LogP contribution is 2.22. The zero-order valence-corrected chi connectivity index (χ0v) is 26.5. The Hall–Kier alpha value is -4.32. The van der Waals surface area contributed by atoms with Crippen molar-refractivity contribution in [2.45, 2.75) is 65.6 Å². The summed E-state index contributed by atoms with van der Waals surface area (Å²) in [4.78, 5) is 46.2. The van der Waals surface area contributed by atoms with E-state index in [9.17, 15) is 9.59 Å². The van der Waals surface area contributed by atoms with Crippen LogP contribution >= 0.6 is 0 Å². The molecule has 1 fully saturated rings. The number of benzene rings is 1. The number of nitrogens with one attached hydrogen (secondary N) is 1. The summed E-state index contributed by atoms with van der Waals surface area (Å²) in [6.07, 6.45) is 4.75. The lowest BCUT2D eigenvalue weighted by Crippen LogP contribution is -2.50. The highest BCUT2D eigenvalue weighted by molar-refractivity contribution is 5.71. The van der Waals surface area contributed by atoms with Gasteiger partial charge in [-0.3, -0.25) is 9.88 Å². The van der Waals surface area contributed by atoms with Crippen LogP contribution in [0.1, 0.15) is 53.7 Å². The first-order chi connectivity index (χ1) is 20.8. The van der Waals surface area contributed by atoms with Gasteiger partial charge in [-0.05, 0) is 85.2 Å². The van der Waals surface area contributed by atoms with Crippen molar-refractivity contribution in [2.75, 3.05) is 44.6 Å². The normalized spacial score (nSPS) is 14.2. The Morgan fingerprint density at radius 3 is 2.39 bits per heavy atom. The molecule has 0 saturated carbocycles. The van der Waals surface area contributed by atoms with Crippen molar-refractivity contribution in [3.63, 3.8) is 0 Å². The highest BCUT2D eigenvalue weighted by atomic mass is 16.6. The van der Waals surface area contributed by atoms with Gasteiger partial charge in [0.1, 0.15) is 23.3 Å². The van der Waals surface area contributed by atoms with Crippen molar-refractivity contribution in [1.29, 1.82) is 0 Å². The lowest BCUT2D eigenvalue weighted by Gasteiger charge is -2.35. The number of carbonyl (C=O) groups is 2. The molecule has 1 aliphatic rings. The van der Waals surface area contributed by atoms with Crippen molar-refractivity contribution in [3.05, 3.63) is 54.6 Å². The molecule has 0 bridgehead atoms. The number of anilines is 2. The Morgan fingerprint density at radius 2 is 1.66 bits per heavy atom. The molecule has 0 spiro atoms. The summed E-state index contributed by atoms with van der Waals surface area (Å²) in [6, 6.07) is 11.1. The first kappa shape index (κ1) is 32.6. The van der Waals surface area contributed by atoms with Gasteiger partial charge in [0.05, 0.1) is 0 Å². The molecule has 12 nitrogen and oxygen atoms in total. The molecule has 2 aromatic heterocycles. The SMILES string of the molecule is CC(C)(C)OC(=O)COc1cccc(Nc2ncnc(-c3ccnc(CCCN4CCN(C(=O)OC(C)(C)C)CC4)c3)n2)c1. The number of carbonyl (C=O) groups excluding carboxylic acids is 2. The number of pyridine rings is 1. The highest BCUT2D eigenvalue weighted by Gasteiger charge is 2.25. The third-order valence-electron chi connectivity index (χ3n) is 6.44. The zero-order chi connectivity index (χ0) is 31.7. The third kappa shape index (κ3) is 10.7. The molecule has 1 aromatic carbocycles. The fourth-order valence-electron chi connectivity index (χ4n) is 4.52. The maximum atomic E-state index is 12.3. The molecule has 0 atom stereocenters. The number of ether oxygens (including phenoxy) is 3. The summed E-state index contributed by atoms with van der Waals surface area (Å²) < 4.78 is 16.4. The smallest absolute Gasteiger partial charge is 0.410 e. The standard InChI is InChI=1S/C32H43N7O5/c1-31(2,3)43-27(40)21-42-26-11-7-9-25(20-26)36-29-35-22-34-28(37-29)23-12-13-33-24(19-23)10-8-14-38-15-17-39(18-16-38)30(41)44-32(4,5)6/h7,9,11-13,19-20,22H,8,10,14-18,21H2,1-6H3,(H,34,35,36,37). The number of aryl methyl sites for hydroxylation is 1. The molecule has 0 radical (unpaired) electrons. The lowest BCUT2D eigenvalue weighted by atomic mass is 10.1. The molecule has 0 aliphatic carbocycles. The average molecular weight is 606 g/mol. The van der Waals surface area contributed by atoms with E-state index in [-0.39, 0.29) is 12.7 Å². The number of amides is 1. The van der Waals surface area contributed by atoms with Crippen LogP contribution in [-0.4, -0.2) is 92.3 Å². The van der Waals surface area contributed by atoms with E-state index in [4.69, 9.17) is 14.2 Å². The van der Waals surface area contributed by atoms with Crippen LogP contribution in [0.5, 0.6) is 5.75 Å². The molecule has 12 heteroatoms. The Balaban J connectivity index is 1.27. The summed E-state index contributed by atoms with van der Waals surface area (Å²) in [5.74, 6) is 0.983. The Bertz CT molecular complexity index is 1410. The molecule has 3 aromatic rings. The number of aromatic nitrogens is 4. The average Bonchev–Trinajstić information content (AvgIpc) is 2.95. The topological polar surface area (TPSA) is 132 Å². The number of nitrogens with zero attached hydrogens (tertiary/aromatic N) is 6. The Labute approximate surface area is 259 Å². The van der Waals surface area contributed by atoms with Crippen LogP contribution in [0, 0.1) is 0 Å². The summed E-state index contributed by atoms with van der Waals surface area (Å²) in [5.41, 5.74) is 1.45. The van der Waals surface area contributed by atoms with Crippen molar-refractivity contribution < 1.29 is 23.8 Å². The molecule has 44 heavy (non-hydrogen) atoms. The summed E-state index contributed by atoms with van der Waals surface area (Å²) in [7, 11) is 0. The Morgan fingerprint density at radius 1 is 0.909 bits per heavy atom. The minimum absolute atomic E-state index is 0.189. The van der Waals surface area contributed by atoms with Crippen LogP contribution < -0.4 is 10.1 Å². The minimum atomic E-state index is -0.572. The van der Waals surface area contributed by atoms with Gasteiger partial charge >= 0.3 is 12.1 Å². The summed E-state index contributed by atoms with van der Waals surface area (Å²) >= 11 is 0. The molecule has 0 unspecified atom stereocenters. The largest absolute Gasteiger partial charge is 0.482 e. The van der Waals surface area contributed by atoms with Gasteiger partial charge in [-0.25, -0.2) is 19.6 Å². The number of rotatable bonds is 10. The van der Waals surface area contributed by atoms with Crippen molar-refractivity contribution in [1.82, 2.24) is 29.7 Å². The second-order valence-electron chi connectivity index (χ2n) is 12.6. The number of hydrogen-bond donors (Lipinski definition) is 1. The van der Waals surface area contributed by atoms with E-state index in [1.54, 1.807) is 23.2 Å². The van der Waals surface area contributed by atoms with Gasteiger partial charge in [0, 0.05) is 55.4 Å². The summed E-state index contributed by atoms with van der Waals surface area (Å²) in [5, 5.41) is 3.17. The summed E-state index contributed by atoms with van der Waals surface area (Å²) in [6.45, 7) is 14.8. The molecule has 4 rings (SSSR count). The maximum Gasteiger partial charge on any atom is 0.410 e. The second-order valence-corrected chi connectivity index (χ2v) is 12.6. The van der Waals surface area contributed by atoms with E-state index in [2.05, 4.69) is 30.2 Å². The third-order valence-corrected chi connectivity index (χ3v) is 6.44. The molecular formula is C32H43N7O5. The number of piperazine rings is 1. The van der Waals surface area contributed by atoms with E-state index >= 15 is 0 Å². The number of hydrogen-bond acceptors (Lipinski definition) is 11. The van der Waals surface area contributed by atoms with E-state index in [0.29, 0.717) is 36.3 Å². The fourth-order valence-corrected chi connectivity index (χ4v) is 4.52. The van der Waals surface area contributed by atoms with Crippen molar-refractivity contribution >= 4 is 23.7 Å². The van der Waals surface area contributed by atoms with Gasteiger partial charge in [-0.2, -0.15) is 4.98 Å². The van der Waals surface area contributed by atoms with Gasteiger partial charge < -0.3 is 24.4 Å². The van der Waals surface area contributed by atoms with E-state index < -0.39 is 17.2 Å².